The Bertz CT molecular complexity index is 459. The van der Waals surface area contributed by atoms with Gasteiger partial charge in [0.25, 0.3) is 5.69 Å². The van der Waals surface area contributed by atoms with Crippen molar-refractivity contribution in [3.05, 3.63) is 33.9 Å². The van der Waals surface area contributed by atoms with E-state index in [2.05, 4.69) is 5.32 Å². The van der Waals surface area contributed by atoms with Crippen LogP contribution in [-0.2, 0) is 5.75 Å². The van der Waals surface area contributed by atoms with E-state index < -0.39 is 0 Å². The Labute approximate surface area is 124 Å². The van der Waals surface area contributed by atoms with Crippen LogP contribution < -0.4 is 5.32 Å². The fraction of sp³-hybridized carbons (Fsp3) is 0.600. The number of nitrogens with zero attached hydrogens (tertiary/aromatic N) is 1. The van der Waals surface area contributed by atoms with Gasteiger partial charge in [0.2, 0.25) is 0 Å². The largest absolute Gasteiger partial charge is 0.380 e. The van der Waals surface area contributed by atoms with Gasteiger partial charge in [-0.2, -0.15) is 11.8 Å². The molecule has 0 spiro atoms. The van der Waals surface area contributed by atoms with Crippen molar-refractivity contribution in [1.82, 2.24) is 0 Å². The molecule has 0 aliphatic heterocycles. The smallest absolute Gasteiger partial charge is 0.292 e. The lowest BCUT2D eigenvalue weighted by Crippen LogP contribution is -2.04. The molecule has 0 heterocycles. The average molecular weight is 294 g/mol. The van der Waals surface area contributed by atoms with Crippen molar-refractivity contribution in [3.8, 4) is 0 Å². The third-order valence-corrected chi connectivity index (χ3v) is 5.06. The van der Waals surface area contributed by atoms with Crippen molar-refractivity contribution in [3.63, 3.8) is 0 Å². The van der Waals surface area contributed by atoms with Crippen LogP contribution in [0.3, 0.4) is 0 Å². The topological polar surface area (TPSA) is 55.2 Å². The molecule has 4 nitrogen and oxygen atoms in total. The quantitative estimate of drug-likeness (QED) is 0.590. The summed E-state index contributed by atoms with van der Waals surface area (Å²) in [6, 6.07) is 5.57. The van der Waals surface area contributed by atoms with Crippen molar-refractivity contribution in [2.24, 2.45) is 0 Å². The molecule has 1 aliphatic rings. The molecule has 20 heavy (non-hydrogen) atoms. The van der Waals surface area contributed by atoms with Crippen LogP contribution in [0.15, 0.2) is 18.2 Å². The van der Waals surface area contributed by atoms with Crippen LogP contribution in [0, 0.1) is 10.1 Å². The zero-order chi connectivity index (χ0) is 14.4. The molecule has 0 bridgehead atoms. The molecule has 1 aliphatic carbocycles. The summed E-state index contributed by atoms with van der Waals surface area (Å²) < 4.78 is 0. The van der Waals surface area contributed by atoms with Gasteiger partial charge in [0.15, 0.2) is 0 Å². The average Bonchev–Trinajstić information content (AvgIpc) is 2.96. The molecule has 0 atom stereocenters. The van der Waals surface area contributed by atoms with Crippen LogP contribution in [0.5, 0.6) is 0 Å². The molecular weight excluding hydrogens is 272 g/mol. The van der Waals surface area contributed by atoms with Crippen LogP contribution in [-0.4, -0.2) is 16.7 Å². The molecule has 0 aromatic heterocycles. The van der Waals surface area contributed by atoms with E-state index in [1.165, 1.54) is 25.7 Å². The van der Waals surface area contributed by atoms with E-state index in [1.807, 2.05) is 30.8 Å². The zero-order valence-corrected chi connectivity index (χ0v) is 12.7. The van der Waals surface area contributed by atoms with Gasteiger partial charge in [-0.1, -0.05) is 25.8 Å². The normalized spacial score (nSPS) is 15.4. The second-order valence-electron chi connectivity index (χ2n) is 5.25. The lowest BCUT2D eigenvalue weighted by atomic mass is 10.2. The minimum atomic E-state index is -0.290. The highest BCUT2D eigenvalue weighted by molar-refractivity contribution is 7.99. The van der Waals surface area contributed by atoms with E-state index in [9.17, 15) is 10.1 Å². The Hall–Kier alpha value is -1.23. The lowest BCUT2D eigenvalue weighted by Gasteiger charge is -2.10. The predicted molar refractivity (Wildman–Crippen MR) is 85.4 cm³/mol. The first kappa shape index (κ1) is 15.2. The first-order valence-corrected chi connectivity index (χ1v) is 8.38. The van der Waals surface area contributed by atoms with E-state index in [-0.39, 0.29) is 10.6 Å². The maximum atomic E-state index is 11.2. The van der Waals surface area contributed by atoms with Gasteiger partial charge in [0.1, 0.15) is 5.69 Å². The maximum Gasteiger partial charge on any atom is 0.292 e. The first-order chi connectivity index (χ1) is 9.70. The summed E-state index contributed by atoms with van der Waals surface area (Å²) in [6.07, 6.45) is 6.21. The highest BCUT2D eigenvalue weighted by Gasteiger charge is 2.17. The Balaban J connectivity index is 2.02. The second-order valence-corrected chi connectivity index (χ2v) is 6.54. The summed E-state index contributed by atoms with van der Waals surface area (Å²) in [6.45, 7) is 2.81. The van der Waals surface area contributed by atoms with Gasteiger partial charge in [-0.05, 0) is 30.9 Å². The molecule has 1 fully saturated rings. The fourth-order valence-electron chi connectivity index (χ4n) is 2.50. The highest BCUT2D eigenvalue weighted by Crippen LogP contribution is 2.33. The van der Waals surface area contributed by atoms with Crippen LogP contribution >= 0.6 is 11.8 Å². The molecule has 1 N–H and O–H groups in total. The minimum absolute atomic E-state index is 0.197. The molecule has 0 amide bonds. The van der Waals surface area contributed by atoms with Gasteiger partial charge in [-0.15, -0.1) is 0 Å². The van der Waals surface area contributed by atoms with Crippen molar-refractivity contribution < 1.29 is 4.92 Å². The molecule has 1 saturated carbocycles. The van der Waals surface area contributed by atoms with Crippen LogP contribution in [0.25, 0.3) is 0 Å². The summed E-state index contributed by atoms with van der Waals surface area (Å²) in [7, 11) is 0. The maximum absolute atomic E-state index is 11.2. The van der Waals surface area contributed by atoms with Crippen LogP contribution in [0.2, 0.25) is 0 Å². The van der Waals surface area contributed by atoms with E-state index in [4.69, 9.17) is 0 Å². The van der Waals surface area contributed by atoms with E-state index in [0.29, 0.717) is 5.69 Å². The summed E-state index contributed by atoms with van der Waals surface area (Å²) >= 11 is 1.94. The molecule has 0 unspecified atom stereocenters. The van der Waals surface area contributed by atoms with Crippen molar-refractivity contribution in [2.45, 2.75) is 50.0 Å². The number of nitro benzene ring substituents is 1. The first-order valence-electron chi connectivity index (χ1n) is 7.33. The lowest BCUT2D eigenvalue weighted by molar-refractivity contribution is -0.384. The molecule has 2 rings (SSSR count). The van der Waals surface area contributed by atoms with Gasteiger partial charge >= 0.3 is 0 Å². The summed E-state index contributed by atoms with van der Waals surface area (Å²) in [4.78, 5) is 10.9. The molecule has 1 aromatic rings. The monoisotopic (exact) mass is 294 g/mol. The van der Waals surface area contributed by atoms with E-state index >= 15 is 0 Å². The zero-order valence-electron chi connectivity index (χ0n) is 11.9. The molecule has 0 saturated heterocycles. The van der Waals surface area contributed by atoms with Gasteiger partial charge < -0.3 is 5.32 Å². The second kappa shape index (κ2) is 7.53. The van der Waals surface area contributed by atoms with Crippen molar-refractivity contribution >= 4 is 23.1 Å². The molecule has 0 radical (unpaired) electrons. The van der Waals surface area contributed by atoms with E-state index in [0.717, 1.165) is 29.5 Å². The summed E-state index contributed by atoms with van der Waals surface area (Å²) in [5, 5.41) is 15.0. The Morgan fingerprint density at radius 1 is 1.40 bits per heavy atom. The number of rotatable bonds is 7. The van der Waals surface area contributed by atoms with Crippen molar-refractivity contribution in [1.29, 1.82) is 0 Å². The van der Waals surface area contributed by atoms with Gasteiger partial charge in [-0.3, -0.25) is 10.1 Å². The van der Waals surface area contributed by atoms with Gasteiger partial charge in [0, 0.05) is 23.6 Å². The number of nitrogens with one attached hydrogen (secondary N) is 1. The summed E-state index contributed by atoms with van der Waals surface area (Å²) in [5.74, 6) is 0.875. The number of thioether (sulfide) groups is 1. The Morgan fingerprint density at radius 2 is 2.15 bits per heavy atom. The van der Waals surface area contributed by atoms with Gasteiger partial charge in [-0.25, -0.2) is 0 Å². The molecular formula is C15H22N2O2S. The number of nitro groups is 1. The standard InChI is InChI=1S/C15H22N2O2S/c1-2-9-16-14-8-7-12(10-15(14)17(18)19)11-20-13-5-3-4-6-13/h7-8,10,13,16H,2-6,9,11H2,1H3. The van der Waals surface area contributed by atoms with E-state index in [1.54, 1.807) is 6.07 Å². The van der Waals surface area contributed by atoms with Crippen molar-refractivity contribution in [2.75, 3.05) is 11.9 Å². The summed E-state index contributed by atoms with van der Waals surface area (Å²) in [5.41, 5.74) is 1.88. The van der Waals surface area contributed by atoms with Gasteiger partial charge in [0.05, 0.1) is 4.92 Å². The number of benzene rings is 1. The highest BCUT2D eigenvalue weighted by atomic mass is 32.2. The minimum Gasteiger partial charge on any atom is -0.380 e. The third-order valence-electron chi connectivity index (χ3n) is 3.61. The molecule has 5 heteroatoms. The van der Waals surface area contributed by atoms with Crippen LogP contribution in [0.4, 0.5) is 11.4 Å². The SMILES string of the molecule is CCCNc1ccc(CSC2CCCC2)cc1[N+](=O)[O-]. The number of anilines is 1. The predicted octanol–water partition coefficient (Wildman–Crippen LogP) is 4.59. The fourth-order valence-corrected chi connectivity index (χ4v) is 3.77. The Morgan fingerprint density at radius 3 is 2.80 bits per heavy atom. The number of hydrogen-bond donors (Lipinski definition) is 1. The molecule has 1 aromatic carbocycles. The third kappa shape index (κ3) is 4.13. The number of hydrogen-bond acceptors (Lipinski definition) is 4. The molecule has 110 valence electrons. The Kier molecular flexibility index (Phi) is 5.71. The van der Waals surface area contributed by atoms with Crippen LogP contribution in [0.1, 0.15) is 44.6 Å².